The Morgan fingerprint density at radius 2 is 1.84 bits per heavy atom. The molecule has 0 bridgehead atoms. The number of carbonyl (C=O) groups excluding carboxylic acids is 3. The molecule has 44 heavy (non-hydrogen) atoms. The molecular weight excluding hydrogens is 558 g/mol. The minimum Gasteiger partial charge on any atom is -0.495 e. The van der Waals surface area contributed by atoms with E-state index in [0.29, 0.717) is 30.3 Å². The van der Waals surface area contributed by atoms with Gasteiger partial charge in [-0.1, -0.05) is 13.0 Å². The molecule has 0 aliphatic carbocycles. The van der Waals surface area contributed by atoms with Crippen LogP contribution in [-0.2, 0) is 22.6 Å². The van der Waals surface area contributed by atoms with Crippen LogP contribution in [0, 0.1) is 0 Å². The molecule has 2 aromatic carbocycles. The van der Waals surface area contributed by atoms with Crippen LogP contribution in [0.3, 0.4) is 0 Å². The van der Waals surface area contributed by atoms with Crippen molar-refractivity contribution in [2.45, 2.75) is 57.7 Å². The monoisotopic (exact) mass is 605 g/mol. The van der Waals surface area contributed by atoms with Crippen molar-refractivity contribution in [3.63, 3.8) is 0 Å². The Morgan fingerprint density at radius 1 is 1.07 bits per heavy atom. The van der Waals surface area contributed by atoms with Crippen LogP contribution in [0.2, 0.25) is 0 Å². The quantitative estimate of drug-likeness (QED) is 0.247. The lowest BCUT2D eigenvalue weighted by molar-refractivity contribution is -0.136. The fourth-order valence-corrected chi connectivity index (χ4v) is 6.69. The molecule has 5 rings (SSSR count). The number of benzene rings is 2. The van der Waals surface area contributed by atoms with Gasteiger partial charge in [-0.25, -0.2) is 0 Å². The van der Waals surface area contributed by atoms with Gasteiger partial charge < -0.3 is 35.4 Å². The molecule has 238 valence electrons. The molecule has 4 N–H and O–H groups in total. The molecule has 0 radical (unpaired) electrons. The van der Waals surface area contributed by atoms with Crippen LogP contribution in [0.1, 0.15) is 54.1 Å². The summed E-state index contributed by atoms with van der Waals surface area (Å²) in [4.78, 5) is 46.0. The highest BCUT2D eigenvalue weighted by atomic mass is 16.5. The van der Waals surface area contributed by atoms with Crippen molar-refractivity contribution in [2.75, 3.05) is 76.4 Å². The lowest BCUT2D eigenvalue weighted by atomic mass is 10.0. The number of imide groups is 1. The zero-order valence-corrected chi connectivity index (χ0v) is 26.5. The zero-order valence-electron chi connectivity index (χ0n) is 26.5. The normalized spacial score (nSPS) is 19.1. The van der Waals surface area contributed by atoms with Crippen molar-refractivity contribution in [2.24, 2.45) is 0 Å². The van der Waals surface area contributed by atoms with E-state index >= 15 is 0 Å². The number of hydrogen-bond acceptors (Lipinski definition) is 9. The van der Waals surface area contributed by atoms with Gasteiger partial charge in [0, 0.05) is 86.8 Å². The van der Waals surface area contributed by atoms with E-state index in [9.17, 15) is 14.4 Å². The number of nitrogen functional groups attached to an aromatic ring is 1. The number of amides is 3. The smallest absolute Gasteiger partial charge is 0.255 e. The average Bonchev–Trinajstić information content (AvgIpc) is 3.36. The number of methoxy groups -OCH3 is 1. The van der Waals surface area contributed by atoms with Gasteiger partial charge in [-0.2, -0.15) is 0 Å². The number of aryl methyl sites for hydroxylation is 1. The molecule has 0 spiro atoms. The number of ether oxygens (including phenoxy) is 1. The molecule has 2 saturated heterocycles. The third kappa shape index (κ3) is 6.78. The number of hydrogen-bond donors (Lipinski definition) is 3. The van der Waals surface area contributed by atoms with Gasteiger partial charge in [-0.05, 0) is 63.5 Å². The summed E-state index contributed by atoms with van der Waals surface area (Å²) in [5.74, 6) is -0.0710. The van der Waals surface area contributed by atoms with Crippen molar-refractivity contribution in [1.82, 2.24) is 20.0 Å². The van der Waals surface area contributed by atoms with Gasteiger partial charge >= 0.3 is 0 Å². The number of fused-ring (bicyclic) bond motifs is 1. The lowest BCUT2D eigenvalue weighted by Crippen LogP contribution is -2.52. The average molecular weight is 606 g/mol. The minimum atomic E-state index is -0.606. The predicted molar refractivity (Wildman–Crippen MR) is 173 cm³/mol. The number of likely N-dealkylation sites (N-methyl/N-ethyl adjacent to an activating group) is 2. The van der Waals surface area contributed by atoms with E-state index in [4.69, 9.17) is 10.5 Å². The Balaban J connectivity index is 1.06. The van der Waals surface area contributed by atoms with Crippen LogP contribution < -0.4 is 26.0 Å². The number of piperidine rings is 2. The molecule has 3 amide bonds. The van der Waals surface area contributed by atoms with Gasteiger partial charge in [0.25, 0.3) is 5.91 Å². The van der Waals surface area contributed by atoms with Gasteiger partial charge in [0.1, 0.15) is 11.8 Å². The number of nitrogens with one attached hydrogen (secondary N) is 2. The second kappa shape index (κ2) is 13.9. The molecular formula is C33H47N7O4. The van der Waals surface area contributed by atoms with E-state index in [1.165, 1.54) is 11.3 Å². The van der Waals surface area contributed by atoms with E-state index in [1.807, 2.05) is 18.2 Å². The molecule has 2 fully saturated rings. The van der Waals surface area contributed by atoms with Crippen LogP contribution in [0.15, 0.2) is 30.3 Å². The minimum absolute atomic E-state index is 0.150. The Hall–Kier alpha value is -3.83. The lowest BCUT2D eigenvalue weighted by Gasteiger charge is -2.39. The van der Waals surface area contributed by atoms with Gasteiger partial charge in [-0.15, -0.1) is 0 Å². The molecule has 3 aliphatic heterocycles. The summed E-state index contributed by atoms with van der Waals surface area (Å²) in [6.45, 7) is 8.12. The second-order valence-corrected chi connectivity index (χ2v) is 12.2. The fourth-order valence-electron chi connectivity index (χ4n) is 6.69. The first-order valence-electron chi connectivity index (χ1n) is 15.8. The largest absolute Gasteiger partial charge is 0.495 e. The summed E-state index contributed by atoms with van der Waals surface area (Å²) < 4.78 is 5.49. The fraction of sp³-hybridized carbons (Fsp3) is 0.545. The SMILES string of the molecule is CCc1cc(N)c(OC)cc1N1CCC(N(C)CCN(C)CCNc2cccc3c2CN(C2CCC(=O)NC2=O)C3=O)CC1. The van der Waals surface area contributed by atoms with E-state index in [1.54, 1.807) is 12.0 Å². The first kappa shape index (κ1) is 31.6. The van der Waals surface area contributed by atoms with E-state index in [0.717, 1.165) is 75.5 Å². The van der Waals surface area contributed by atoms with Crippen molar-refractivity contribution in [1.29, 1.82) is 0 Å². The molecule has 0 aromatic heterocycles. The van der Waals surface area contributed by atoms with E-state index in [2.05, 4.69) is 58.5 Å². The van der Waals surface area contributed by atoms with E-state index in [-0.39, 0.29) is 24.1 Å². The van der Waals surface area contributed by atoms with Crippen LogP contribution in [0.4, 0.5) is 17.1 Å². The highest BCUT2D eigenvalue weighted by Gasteiger charge is 2.39. The summed E-state index contributed by atoms with van der Waals surface area (Å²) in [5, 5.41) is 5.89. The Labute approximate surface area is 260 Å². The number of anilines is 3. The Bertz CT molecular complexity index is 1370. The van der Waals surface area contributed by atoms with Crippen molar-refractivity contribution >= 4 is 34.8 Å². The Kier molecular flexibility index (Phi) is 9.95. The zero-order chi connectivity index (χ0) is 31.4. The molecule has 3 aliphatic rings. The van der Waals surface area contributed by atoms with Crippen molar-refractivity contribution in [3.8, 4) is 5.75 Å². The first-order valence-corrected chi connectivity index (χ1v) is 15.8. The van der Waals surface area contributed by atoms with Gasteiger partial charge in [0.05, 0.1) is 12.8 Å². The summed E-state index contributed by atoms with van der Waals surface area (Å²) >= 11 is 0. The number of nitrogens with two attached hydrogens (primary N) is 1. The standard InChI is InChI=1S/C33H47N7O4/c1-5-22-19-26(34)30(44-4)20-29(22)39-14-11-23(12-15-39)38(3)18-17-37(2)16-13-35-27-8-6-7-24-25(27)21-40(33(24)43)28-9-10-31(41)36-32(28)42/h6-8,19-20,23,28,35H,5,9-18,21,34H2,1-4H3,(H,36,41,42). The molecule has 11 heteroatoms. The van der Waals surface area contributed by atoms with Gasteiger partial charge in [0.15, 0.2) is 0 Å². The highest BCUT2D eigenvalue weighted by molar-refractivity contribution is 6.06. The van der Waals surface area contributed by atoms with Crippen LogP contribution in [0.5, 0.6) is 5.75 Å². The maximum Gasteiger partial charge on any atom is 0.255 e. The number of nitrogens with zero attached hydrogens (tertiary/aromatic N) is 4. The van der Waals surface area contributed by atoms with Crippen LogP contribution in [-0.4, -0.2) is 105 Å². The maximum absolute atomic E-state index is 13.1. The number of carbonyl (C=O) groups is 3. The van der Waals surface area contributed by atoms with Gasteiger partial charge in [-0.3, -0.25) is 19.7 Å². The molecule has 3 heterocycles. The van der Waals surface area contributed by atoms with Crippen LogP contribution in [0.25, 0.3) is 0 Å². The predicted octanol–water partition coefficient (Wildman–Crippen LogP) is 2.55. The second-order valence-electron chi connectivity index (χ2n) is 12.2. The van der Waals surface area contributed by atoms with E-state index < -0.39 is 6.04 Å². The highest BCUT2D eigenvalue weighted by Crippen LogP contribution is 2.34. The molecule has 0 saturated carbocycles. The summed E-state index contributed by atoms with van der Waals surface area (Å²) in [5.41, 5.74) is 11.8. The van der Waals surface area contributed by atoms with Crippen molar-refractivity contribution in [3.05, 3.63) is 47.0 Å². The molecule has 1 unspecified atom stereocenters. The van der Waals surface area contributed by atoms with Gasteiger partial charge in [0.2, 0.25) is 11.8 Å². The summed E-state index contributed by atoms with van der Waals surface area (Å²) in [6.07, 6.45) is 3.79. The number of rotatable bonds is 12. The van der Waals surface area contributed by atoms with Crippen LogP contribution >= 0.6 is 0 Å². The molecule has 1 atom stereocenters. The third-order valence-corrected chi connectivity index (χ3v) is 9.47. The molecule has 2 aromatic rings. The van der Waals surface area contributed by atoms with Crippen molar-refractivity contribution < 1.29 is 19.1 Å². The summed E-state index contributed by atoms with van der Waals surface area (Å²) in [7, 11) is 6.04. The first-order chi connectivity index (χ1) is 21.2. The summed E-state index contributed by atoms with van der Waals surface area (Å²) in [6, 6.07) is 9.78. The third-order valence-electron chi connectivity index (χ3n) is 9.47. The Morgan fingerprint density at radius 3 is 2.55 bits per heavy atom. The molecule has 11 nitrogen and oxygen atoms in total. The maximum atomic E-state index is 13.1. The topological polar surface area (TPSA) is 123 Å².